The first kappa shape index (κ1) is 42.1. The summed E-state index contributed by atoms with van der Waals surface area (Å²) in [6, 6.07) is 9.04. The SMILES string of the molecule is COc1c(C)cc2c(c1O)[C@@H]1C3Cc4c(OC(C)=O)c(C)c5c(c4[C@H](CNC(=O)[C@H](C)NC(=O)[C@@H](NC(=O)OCc4ccccc4)C(C)C)N3[C@@H](C#N)[C@H](C2)N1C)OCO5. The number of methoxy groups -OCH3 is 1. The number of amides is 3. The largest absolute Gasteiger partial charge is 0.504 e. The van der Waals surface area contributed by atoms with Crippen LogP contribution in [0.2, 0.25) is 0 Å². The van der Waals surface area contributed by atoms with E-state index in [9.17, 15) is 29.5 Å². The average Bonchev–Trinajstić information content (AvgIpc) is 3.70. The van der Waals surface area contributed by atoms with Gasteiger partial charge < -0.3 is 44.7 Å². The second kappa shape index (κ2) is 16.9. The third kappa shape index (κ3) is 7.52. The maximum absolute atomic E-state index is 14.0. The van der Waals surface area contributed by atoms with Gasteiger partial charge in [-0.1, -0.05) is 50.2 Å². The molecule has 3 aromatic rings. The normalized spacial score (nSPS) is 22.2. The second-order valence-electron chi connectivity index (χ2n) is 16.2. The number of alkyl carbamates (subject to hydrolysis) is 1. The number of phenolic OH excluding ortho intramolecular Hbond substituents is 1. The van der Waals surface area contributed by atoms with Gasteiger partial charge in [-0.25, -0.2) is 4.79 Å². The number of nitrogens with zero attached hydrogens (tertiary/aromatic N) is 3. The molecule has 1 saturated heterocycles. The van der Waals surface area contributed by atoms with Gasteiger partial charge in [0.25, 0.3) is 0 Å². The van der Waals surface area contributed by atoms with Crippen LogP contribution in [0.4, 0.5) is 4.79 Å². The van der Waals surface area contributed by atoms with E-state index in [2.05, 4.69) is 31.8 Å². The number of carbonyl (C=O) groups is 4. The number of ether oxygens (including phenoxy) is 5. The predicted octanol–water partition coefficient (Wildman–Crippen LogP) is 4.01. The Morgan fingerprint density at radius 1 is 0.983 bits per heavy atom. The van der Waals surface area contributed by atoms with Crippen molar-refractivity contribution in [3.05, 3.63) is 75.3 Å². The summed E-state index contributed by atoms with van der Waals surface area (Å²) in [6.07, 6.45) is -0.0173. The lowest BCUT2D eigenvalue weighted by Gasteiger charge is -2.60. The lowest BCUT2D eigenvalue weighted by molar-refractivity contribution is -0.132. The first-order chi connectivity index (χ1) is 28.7. The van der Waals surface area contributed by atoms with Crippen molar-refractivity contribution in [3.8, 4) is 34.8 Å². The van der Waals surface area contributed by atoms with Crippen LogP contribution in [0.5, 0.6) is 28.7 Å². The molecule has 4 aliphatic heterocycles. The topological polar surface area (TPSA) is 201 Å². The van der Waals surface area contributed by atoms with Crippen LogP contribution in [0.1, 0.15) is 78.7 Å². The molecule has 2 bridgehead atoms. The standard InChI is InChI=1S/C44H52N6O10/c1-21(2)35(48-44(55)57-19-26-12-10-9-11-13-26)43(54)47-24(5)42(53)46-18-32-34-28(39(60-25(6)51)23(4)40-41(34)59-20-58-40)16-30-36-33-27(14-22(3)38(56-8)37(33)52)15-29(49(36)7)31(17-45)50(30)32/h9-14,21,24,29-32,35-36,52H,15-16,18-20H2,1-8H3,(H,46,53)(H,47,54)(H,48,55)/t24-,29-,30?,31-,32-,35-,36-/m0/s1. The molecule has 16 nitrogen and oxygen atoms in total. The Bertz CT molecular complexity index is 2240. The summed E-state index contributed by atoms with van der Waals surface area (Å²) in [7, 11) is 3.46. The van der Waals surface area contributed by atoms with E-state index in [0.717, 1.165) is 16.7 Å². The molecule has 4 N–H and O–H groups in total. The number of aryl methyl sites for hydroxylation is 1. The lowest BCUT2D eigenvalue weighted by atomic mass is 9.71. The van der Waals surface area contributed by atoms with Crippen LogP contribution < -0.4 is 34.9 Å². The number of hydrogen-bond acceptors (Lipinski definition) is 13. The predicted molar refractivity (Wildman–Crippen MR) is 216 cm³/mol. The Morgan fingerprint density at radius 2 is 1.70 bits per heavy atom. The number of piperazine rings is 1. The number of hydrogen-bond donors (Lipinski definition) is 4. The molecule has 16 heteroatoms. The fraction of sp³-hybridized carbons (Fsp3) is 0.477. The highest BCUT2D eigenvalue weighted by atomic mass is 16.7. The van der Waals surface area contributed by atoms with Crippen LogP contribution in [0.25, 0.3) is 0 Å². The summed E-state index contributed by atoms with van der Waals surface area (Å²) in [4.78, 5) is 57.1. The summed E-state index contributed by atoms with van der Waals surface area (Å²) in [5.41, 5.74) is 5.02. The molecule has 3 aromatic carbocycles. The first-order valence-corrected chi connectivity index (χ1v) is 20.1. The van der Waals surface area contributed by atoms with Crippen molar-refractivity contribution >= 4 is 23.9 Å². The Kier molecular flexibility index (Phi) is 11.9. The van der Waals surface area contributed by atoms with Crippen LogP contribution in [-0.2, 0) is 38.6 Å². The minimum atomic E-state index is -1.04. The number of nitriles is 1. The molecule has 4 aliphatic rings. The van der Waals surface area contributed by atoms with E-state index in [1.165, 1.54) is 14.0 Å². The maximum Gasteiger partial charge on any atom is 0.408 e. The molecule has 0 aliphatic carbocycles. The van der Waals surface area contributed by atoms with E-state index in [4.69, 9.17) is 23.7 Å². The van der Waals surface area contributed by atoms with Gasteiger partial charge >= 0.3 is 12.1 Å². The molecule has 318 valence electrons. The van der Waals surface area contributed by atoms with Crippen LogP contribution in [0.3, 0.4) is 0 Å². The molecule has 4 heterocycles. The van der Waals surface area contributed by atoms with Crippen molar-refractivity contribution in [2.24, 2.45) is 5.92 Å². The number of phenols is 1. The zero-order valence-corrected chi connectivity index (χ0v) is 35.1. The van der Waals surface area contributed by atoms with Crippen molar-refractivity contribution in [1.82, 2.24) is 25.8 Å². The Labute approximate surface area is 349 Å². The second-order valence-corrected chi connectivity index (χ2v) is 16.2. The molecule has 0 saturated carbocycles. The zero-order chi connectivity index (χ0) is 43.2. The fourth-order valence-corrected chi connectivity index (χ4v) is 9.46. The summed E-state index contributed by atoms with van der Waals surface area (Å²) in [5.74, 6) is -0.425. The van der Waals surface area contributed by atoms with Crippen LogP contribution in [-0.4, -0.2) is 96.5 Å². The highest BCUT2D eigenvalue weighted by Crippen LogP contribution is 2.58. The monoisotopic (exact) mass is 824 g/mol. The van der Waals surface area contributed by atoms with Gasteiger partial charge in [0.15, 0.2) is 23.0 Å². The third-order valence-corrected chi connectivity index (χ3v) is 12.2. The zero-order valence-electron chi connectivity index (χ0n) is 35.1. The number of carbonyl (C=O) groups excluding carboxylic acids is 4. The molecule has 3 amide bonds. The molecule has 1 unspecified atom stereocenters. The van der Waals surface area contributed by atoms with Gasteiger partial charge in [-0.05, 0) is 63.3 Å². The van der Waals surface area contributed by atoms with Crippen molar-refractivity contribution in [2.45, 2.75) is 103 Å². The van der Waals surface area contributed by atoms with E-state index < -0.39 is 60.1 Å². The number of rotatable bonds is 11. The summed E-state index contributed by atoms with van der Waals surface area (Å²) >= 11 is 0. The smallest absolute Gasteiger partial charge is 0.408 e. The summed E-state index contributed by atoms with van der Waals surface area (Å²) in [6.45, 7) is 9.96. The van der Waals surface area contributed by atoms with Crippen molar-refractivity contribution in [3.63, 3.8) is 0 Å². The highest BCUT2D eigenvalue weighted by molar-refractivity contribution is 5.91. The molecule has 7 rings (SSSR count). The van der Waals surface area contributed by atoms with Gasteiger partial charge in [-0.15, -0.1) is 0 Å². The van der Waals surface area contributed by atoms with Gasteiger partial charge in [0.1, 0.15) is 30.5 Å². The van der Waals surface area contributed by atoms with E-state index in [-0.39, 0.29) is 37.7 Å². The lowest BCUT2D eigenvalue weighted by Crippen LogP contribution is -2.69. The Hall–Kier alpha value is -6.05. The Balaban J connectivity index is 1.21. The number of esters is 1. The van der Waals surface area contributed by atoms with E-state index in [0.29, 0.717) is 58.1 Å². The molecule has 60 heavy (non-hydrogen) atoms. The summed E-state index contributed by atoms with van der Waals surface area (Å²) in [5, 5.41) is 31.2. The number of fused-ring (bicyclic) bond motifs is 9. The van der Waals surface area contributed by atoms with Gasteiger partial charge in [0.05, 0.1) is 25.3 Å². The van der Waals surface area contributed by atoms with Gasteiger partial charge in [0, 0.05) is 47.8 Å². The van der Waals surface area contributed by atoms with Crippen LogP contribution >= 0.6 is 0 Å². The minimum Gasteiger partial charge on any atom is -0.504 e. The number of aromatic hydroxyl groups is 1. The molecular weight excluding hydrogens is 773 g/mol. The average molecular weight is 825 g/mol. The molecular formula is C44H52N6O10. The van der Waals surface area contributed by atoms with Crippen molar-refractivity contribution in [2.75, 3.05) is 27.5 Å². The first-order valence-electron chi connectivity index (χ1n) is 20.1. The fourth-order valence-electron chi connectivity index (χ4n) is 9.46. The highest BCUT2D eigenvalue weighted by Gasteiger charge is 2.57. The number of likely N-dealkylation sites (N-methyl/N-ethyl adjacent to an activating group) is 1. The van der Waals surface area contributed by atoms with Gasteiger partial charge in [0.2, 0.25) is 18.6 Å². The van der Waals surface area contributed by atoms with Crippen molar-refractivity contribution < 1.29 is 48.0 Å². The van der Waals surface area contributed by atoms with E-state index in [1.54, 1.807) is 27.7 Å². The molecule has 0 aromatic heterocycles. The molecule has 0 spiro atoms. The molecule has 0 radical (unpaired) electrons. The third-order valence-electron chi connectivity index (χ3n) is 12.2. The van der Waals surface area contributed by atoms with Crippen molar-refractivity contribution in [1.29, 1.82) is 5.26 Å². The van der Waals surface area contributed by atoms with Crippen LogP contribution in [0, 0.1) is 31.1 Å². The molecule has 1 fully saturated rings. The van der Waals surface area contributed by atoms with E-state index >= 15 is 0 Å². The van der Waals surface area contributed by atoms with Gasteiger partial charge in [-0.3, -0.25) is 24.2 Å². The Morgan fingerprint density at radius 3 is 2.37 bits per heavy atom. The molecule has 7 atom stereocenters. The summed E-state index contributed by atoms with van der Waals surface area (Å²) < 4.78 is 29.0. The minimum absolute atomic E-state index is 0.0222. The van der Waals surface area contributed by atoms with E-state index in [1.807, 2.05) is 50.4 Å². The number of nitrogens with one attached hydrogen (secondary N) is 3. The maximum atomic E-state index is 14.0. The van der Waals surface area contributed by atoms with Gasteiger partial charge in [-0.2, -0.15) is 5.26 Å². The number of benzene rings is 3. The quantitative estimate of drug-likeness (QED) is 0.160. The van der Waals surface area contributed by atoms with Crippen LogP contribution in [0.15, 0.2) is 36.4 Å².